The van der Waals surface area contributed by atoms with Gasteiger partial charge in [0.05, 0.1) is 5.75 Å². The maximum atomic E-state index is 11.7. The van der Waals surface area contributed by atoms with Gasteiger partial charge in [0.1, 0.15) is 12.4 Å². The summed E-state index contributed by atoms with van der Waals surface area (Å²) in [5.74, 6) is 0.827. The SMILES string of the molecule is CCCNC(=O)NC(=O)CSc1n[nH]c(COc2ccc(Cl)c(C)c2)n1. The number of carbonyl (C=O) groups is 2. The molecule has 0 bridgehead atoms. The molecular weight excluding hydrogens is 378 g/mol. The average Bonchev–Trinajstić information content (AvgIpc) is 3.07. The number of aromatic amines is 1. The minimum atomic E-state index is -0.500. The highest BCUT2D eigenvalue weighted by Gasteiger charge is 2.11. The van der Waals surface area contributed by atoms with Crippen molar-refractivity contribution < 1.29 is 14.3 Å². The van der Waals surface area contributed by atoms with E-state index in [0.717, 1.165) is 23.7 Å². The van der Waals surface area contributed by atoms with E-state index in [0.29, 0.717) is 28.3 Å². The number of imide groups is 1. The zero-order valence-electron chi connectivity index (χ0n) is 14.5. The molecule has 1 aromatic carbocycles. The van der Waals surface area contributed by atoms with Crippen molar-refractivity contribution in [3.05, 3.63) is 34.6 Å². The number of ether oxygens (including phenoxy) is 1. The van der Waals surface area contributed by atoms with Gasteiger partial charge in [0, 0.05) is 11.6 Å². The van der Waals surface area contributed by atoms with Gasteiger partial charge >= 0.3 is 6.03 Å². The predicted molar refractivity (Wildman–Crippen MR) is 99.5 cm³/mol. The molecule has 3 N–H and O–H groups in total. The van der Waals surface area contributed by atoms with Crippen molar-refractivity contribution in [3.8, 4) is 5.75 Å². The van der Waals surface area contributed by atoms with E-state index in [4.69, 9.17) is 16.3 Å². The molecule has 2 aromatic rings. The summed E-state index contributed by atoms with van der Waals surface area (Å²) >= 11 is 7.10. The van der Waals surface area contributed by atoms with Gasteiger partial charge in [-0.05, 0) is 37.1 Å². The van der Waals surface area contributed by atoms with Crippen LogP contribution in [0, 0.1) is 6.92 Å². The number of amides is 3. The Morgan fingerprint density at radius 2 is 2.19 bits per heavy atom. The fraction of sp³-hybridized carbons (Fsp3) is 0.375. The molecule has 1 heterocycles. The number of carbonyl (C=O) groups excluding carboxylic acids is 2. The lowest BCUT2D eigenvalue weighted by Gasteiger charge is -2.05. The fourth-order valence-electron chi connectivity index (χ4n) is 1.84. The molecule has 1 aromatic heterocycles. The van der Waals surface area contributed by atoms with Crippen LogP contribution in [0.15, 0.2) is 23.4 Å². The first kappa shape index (κ1) is 20.1. The maximum Gasteiger partial charge on any atom is 0.321 e. The summed E-state index contributed by atoms with van der Waals surface area (Å²) in [6, 6.07) is 4.88. The fourth-order valence-corrected chi connectivity index (χ4v) is 2.58. The molecule has 2 rings (SSSR count). The summed E-state index contributed by atoms with van der Waals surface area (Å²) in [4.78, 5) is 27.3. The smallest absolute Gasteiger partial charge is 0.321 e. The van der Waals surface area contributed by atoms with Crippen molar-refractivity contribution in [1.29, 1.82) is 0 Å². The molecule has 0 fully saturated rings. The third kappa shape index (κ3) is 6.57. The van der Waals surface area contributed by atoms with Crippen LogP contribution in [0.25, 0.3) is 0 Å². The first-order valence-corrected chi connectivity index (χ1v) is 9.35. The zero-order valence-corrected chi connectivity index (χ0v) is 16.0. The van der Waals surface area contributed by atoms with E-state index in [1.807, 2.05) is 19.9 Å². The Bertz CT molecular complexity index is 768. The molecule has 0 radical (unpaired) electrons. The zero-order chi connectivity index (χ0) is 18.9. The van der Waals surface area contributed by atoms with Gasteiger partial charge < -0.3 is 10.1 Å². The van der Waals surface area contributed by atoms with E-state index in [9.17, 15) is 9.59 Å². The number of aryl methyl sites for hydroxylation is 1. The van der Waals surface area contributed by atoms with Crippen LogP contribution in [0.4, 0.5) is 4.79 Å². The van der Waals surface area contributed by atoms with Crippen LogP contribution in [0.5, 0.6) is 5.75 Å². The van der Waals surface area contributed by atoms with Gasteiger partial charge in [0.15, 0.2) is 5.82 Å². The molecule has 0 aliphatic rings. The summed E-state index contributed by atoms with van der Waals surface area (Å²) in [6.07, 6.45) is 0.800. The Hall–Kier alpha value is -2.26. The number of thioether (sulfide) groups is 1. The van der Waals surface area contributed by atoms with Crippen LogP contribution < -0.4 is 15.4 Å². The van der Waals surface area contributed by atoms with Crippen molar-refractivity contribution in [3.63, 3.8) is 0 Å². The Labute approximate surface area is 160 Å². The third-order valence-electron chi connectivity index (χ3n) is 3.14. The molecule has 0 aliphatic carbocycles. The molecule has 0 saturated carbocycles. The van der Waals surface area contributed by atoms with Gasteiger partial charge in [-0.1, -0.05) is 30.3 Å². The second-order valence-corrected chi connectivity index (χ2v) is 6.71. The highest BCUT2D eigenvalue weighted by Crippen LogP contribution is 2.21. The average molecular weight is 398 g/mol. The summed E-state index contributed by atoms with van der Waals surface area (Å²) in [5.41, 5.74) is 0.923. The molecule has 0 aliphatic heterocycles. The Morgan fingerprint density at radius 1 is 1.38 bits per heavy atom. The van der Waals surface area contributed by atoms with E-state index in [2.05, 4.69) is 25.8 Å². The summed E-state index contributed by atoms with van der Waals surface area (Å²) in [7, 11) is 0. The normalized spacial score (nSPS) is 10.4. The minimum Gasteiger partial charge on any atom is -0.486 e. The number of hydrogen-bond acceptors (Lipinski definition) is 6. The van der Waals surface area contributed by atoms with Gasteiger partial charge in [-0.15, -0.1) is 5.10 Å². The van der Waals surface area contributed by atoms with E-state index < -0.39 is 11.9 Å². The minimum absolute atomic E-state index is 0.0358. The third-order valence-corrected chi connectivity index (χ3v) is 4.41. The Morgan fingerprint density at radius 3 is 2.92 bits per heavy atom. The predicted octanol–water partition coefficient (Wildman–Crippen LogP) is 2.67. The number of halogens is 1. The lowest BCUT2D eigenvalue weighted by molar-refractivity contribution is -0.117. The van der Waals surface area contributed by atoms with Gasteiger partial charge in [-0.3, -0.25) is 15.2 Å². The van der Waals surface area contributed by atoms with Gasteiger partial charge in [0.25, 0.3) is 0 Å². The molecule has 0 unspecified atom stereocenters. The van der Waals surface area contributed by atoms with Crippen LogP contribution in [0.2, 0.25) is 5.02 Å². The quantitative estimate of drug-likeness (QED) is 0.591. The van der Waals surface area contributed by atoms with Crippen LogP contribution in [0.3, 0.4) is 0 Å². The number of benzene rings is 1. The van der Waals surface area contributed by atoms with Crippen molar-refractivity contribution in [2.24, 2.45) is 0 Å². The van der Waals surface area contributed by atoms with Gasteiger partial charge in [-0.25, -0.2) is 9.78 Å². The number of H-pyrrole nitrogens is 1. The molecule has 26 heavy (non-hydrogen) atoms. The molecule has 140 valence electrons. The van der Waals surface area contributed by atoms with Crippen molar-refractivity contribution in [2.45, 2.75) is 32.0 Å². The van der Waals surface area contributed by atoms with Crippen LogP contribution in [-0.4, -0.2) is 39.4 Å². The molecule has 8 nitrogen and oxygen atoms in total. The van der Waals surface area contributed by atoms with Gasteiger partial charge in [0.2, 0.25) is 11.1 Å². The molecule has 10 heteroatoms. The van der Waals surface area contributed by atoms with Crippen LogP contribution in [-0.2, 0) is 11.4 Å². The van der Waals surface area contributed by atoms with Crippen LogP contribution >= 0.6 is 23.4 Å². The topological polar surface area (TPSA) is 109 Å². The lowest BCUT2D eigenvalue weighted by Crippen LogP contribution is -2.40. The monoisotopic (exact) mass is 397 g/mol. The number of hydrogen-bond donors (Lipinski definition) is 3. The standard InChI is InChI=1S/C16H20ClN5O3S/c1-3-6-18-15(24)20-14(23)9-26-16-19-13(21-22-16)8-25-11-4-5-12(17)10(2)7-11/h4-5,7H,3,6,8-9H2,1-2H3,(H,19,21,22)(H2,18,20,23,24). The molecule has 0 spiro atoms. The number of urea groups is 1. The molecule has 0 saturated heterocycles. The maximum absolute atomic E-state index is 11.7. The van der Waals surface area contributed by atoms with Crippen molar-refractivity contribution >= 4 is 35.3 Å². The number of aromatic nitrogens is 3. The van der Waals surface area contributed by atoms with E-state index in [1.165, 1.54) is 0 Å². The first-order valence-electron chi connectivity index (χ1n) is 7.98. The summed E-state index contributed by atoms with van der Waals surface area (Å²) in [6.45, 7) is 4.55. The van der Waals surface area contributed by atoms with Crippen molar-refractivity contribution in [2.75, 3.05) is 12.3 Å². The lowest BCUT2D eigenvalue weighted by atomic mass is 10.2. The Kier molecular flexibility index (Phi) is 7.73. The van der Waals surface area contributed by atoms with E-state index >= 15 is 0 Å². The highest BCUT2D eigenvalue weighted by atomic mass is 35.5. The Balaban J connectivity index is 1.75. The number of nitrogens with zero attached hydrogens (tertiary/aromatic N) is 2. The van der Waals surface area contributed by atoms with E-state index in [1.54, 1.807) is 12.1 Å². The number of nitrogens with one attached hydrogen (secondary N) is 3. The highest BCUT2D eigenvalue weighted by molar-refractivity contribution is 7.99. The molecule has 0 atom stereocenters. The molecular formula is C16H20ClN5O3S. The number of rotatable bonds is 8. The largest absolute Gasteiger partial charge is 0.486 e. The van der Waals surface area contributed by atoms with E-state index in [-0.39, 0.29) is 12.4 Å². The first-order chi connectivity index (χ1) is 12.5. The second-order valence-electron chi connectivity index (χ2n) is 5.36. The summed E-state index contributed by atoms with van der Waals surface area (Å²) < 4.78 is 5.62. The van der Waals surface area contributed by atoms with Crippen LogP contribution in [0.1, 0.15) is 24.7 Å². The summed E-state index contributed by atoms with van der Waals surface area (Å²) in [5, 5.41) is 12.6. The molecule has 3 amide bonds. The van der Waals surface area contributed by atoms with Gasteiger partial charge in [-0.2, -0.15) is 0 Å². The van der Waals surface area contributed by atoms with Crippen molar-refractivity contribution in [1.82, 2.24) is 25.8 Å². The second kappa shape index (κ2) is 10.0.